The van der Waals surface area contributed by atoms with Gasteiger partial charge in [-0.1, -0.05) is 68.5 Å². The zero-order chi connectivity index (χ0) is 40.8. The fraction of sp³-hybridized carbons (Fsp3) is 0.463. The smallest absolute Gasteiger partial charge is 0.410 e. The van der Waals surface area contributed by atoms with Crippen LogP contribution >= 0.6 is 0 Å². The number of likely N-dealkylation sites (N-methyl/N-ethyl adjacent to an activating group) is 1. The summed E-state index contributed by atoms with van der Waals surface area (Å²) >= 11 is 0. The van der Waals surface area contributed by atoms with Crippen molar-refractivity contribution in [1.29, 1.82) is 0 Å². The third kappa shape index (κ3) is 7.66. The molecule has 57 heavy (non-hydrogen) atoms. The molecule has 2 saturated carbocycles. The fourth-order valence-corrected chi connectivity index (χ4v) is 9.47. The molecule has 1 aromatic heterocycles. The van der Waals surface area contributed by atoms with Crippen molar-refractivity contribution in [2.75, 3.05) is 38.7 Å². The number of ether oxygens (including phenoxy) is 1. The topological polar surface area (TPSA) is 180 Å². The molecule has 2 unspecified atom stereocenters. The van der Waals surface area contributed by atoms with E-state index in [0.29, 0.717) is 42.6 Å². The number of fused-ring (bicyclic) bond motifs is 12. The molecule has 8 rings (SSSR count). The van der Waals surface area contributed by atoms with Crippen molar-refractivity contribution in [2.24, 2.45) is 11.8 Å². The van der Waals surface area contributed by atoms with E-state index < -0.39 is 80.1 Å². The van der Waals surface area contributed by atoms with Crippen LogP contribution in [0.3, 0.4) is 0 Å². The summed E-state index contributed by atoms with van der Waals surface area (Å²) in [5.41, 5.74) is -0.347. The molecule has 2 aromatic carbocycles. The first-order chi connectivity index (χ1) is 27.2. The van der Waals surface area contributed by atoms with E-state index >= 15 is 0 Å². The Hall–Kier alpha value is -5.51. The Morgan fingerprint density at radius 2 is 1.79 bits per heavy atom. The summed E-state index contributed by atoms with van der Waals surface area (Å²) in [7, 11) is -0.607. The predicted octanol–water partition coefficient (Wildman–Crippen LogP) is 3.36. The van der Waals surface area contributed by atoms with Gasteiger partial charge in [-0.05, 0) is 54.0 Å². The van der Waals surface area contributed by atoms with Gasteiger partial charge in [0.1, 0.15) is 24.2 Å². The van der Waals surface area contributed by atoms with E-state index in [2.05, 4.69) is 21.7 Å². The van der Waals surface area contributed by atoms with Crippen molar-refractivity contribution in [2.45, 2.75) is 74.9 Å². The molecular weight excluding hydrogens is 751 g/mol. The molecule has 3 aliphatic heterocycles. The van der Waals surface area contributed by atoms with E-state index in [4.69, 9.17) is 4.74 Å². The number of hydrogen-bond donors (Lipinski definition) is 2. The van der Waals surface area contributed by atoms with Crippen LogP contribution in [0.25, 0.3) is 21.9 Å². The van der Waals surface area contributed by atoms with Gasteiger partial charge in [-0.3, -0.25) is 28.8 Å². The van der Waals surface area contributed by atoms with Gasteiger partial charge in [-0.25, -0.2) is 17.9 Å². The van der Waals surface area contributed by atoms with Gasteiger partial charge in [-0.2, -0.15) is 5.10 Å². The lowest BCUT2D eigenvalue weighted by molar-refractivity contribution is -0.144. The number of aromatic nitrogens is 2. The van der Waals surface area contributed by atoms with Gasteiger partial charge in [-0.15, -0.1) is 6.58 Å². The average molecular weight is 800 g/mol. The molecule has 3 aromatic rings. The third-order valence-corrected chi connectivity index (χ3v) is 13.4. The van der Waals surface area contributed by atoms with Gasteiger partial charge >= 0.3 is 6.09 Å². The molecule has 4 bridgehead atoms. The summed E-state index contributed by atoms with van der Waals surface area (Å²) in [6.07, 6.45) is 7.49. The summed E-state index contributed by atoms with van der Waals surface area (Å²) < 4.78 is 34.6. The van der Waals surface area contributed by atoms with E-state index in [1.807, 2.05) is 60.5 Å². The first-order valence-corrected chi connectivity index (χ1v) is 20.9. The maximum absolute atomic E-state index is 14.8. The van der Waals surface area contributed by atoms with Crippen molar-refractivity contribution >= 4 is 50.3 Å². The molecule has 4 amide bonds. The van der Waals surface area contributed by atoms with E-state index in [0.717, 1.165) is 10.8 Å². The number of benzene rings is 2. The molecule has 15 nitrogen and oxygen atoms in total. The predicted molar refractivity (Wildman–Crippen MR) is 215 cm³/mol. The molecule has 4 heterocycles. The number of carbonyl (C=O) groups excluding carboxylic acids is 4. The Kier molecular flexibility index (Phi) is 10.8. The van der Waals surface area contributed by atoms with Gasteiger partial charge < -0.3 is 19.9 Å². The Morgan fingerprint density at radius 1 is 1.05 bits per heavy atom. The molecule has 0 spiro atoms. The van der Waals surface area contributed by atoms with Gasteiger partial charge in [0.05, 0.1) is 28.7 Å². The second-order valence-electron chi connectivity index (χ2n) is 15.9. The van der Waals surface area contributed by atoms with E-state index in [9.17, 15) is 32.4 Å². The normalized spacial score (nSPS) is 26.2. The second-order valence-corrected chi connectivity index (χ2v) is 17.8. The summed E-state index contributed by atoms with van der Waals surface area (Å²) in [5, 5.41) is 8.73. The fourth-order valence-electron chi connectivity index (χ4n) is 8.10. The Labute approximate surface area is 331 Å². The minimum absolute atomic E-state index is 0.0340. The summed E-state index contributed by atoms with van der Waals surface area (Å²) in [6, 6.07) is 10.6. The van der Waals surface area contributed by atoms with Crippen LogP contribution < -0.4 is 20.5 Å². The highest BCUT2D eigenvalue weighted by Gasteiger charge is 2.62. The van der Waals surface area contributed by atoms with Crippen LogP contribution in [0.1, 0.15) is 52.0 Å². The van der Waals surface area contributed by atoms with Crippen molar-refractivity contribution in [3.63, 3.8) is 0 Å². The molecule has 302 valence electrons. The lowest BCUT2D eigenvalue weighted by Gasteiger charge is -2.35. The maximum Gasteiger partial charge on any atom is 0.410 e. The Morgan fingerprint density at radius 3 is 2.47 bits per heavy atom. The van der Waals surface area contributed by atoms with Gasteiger partial charge in [0, 0.05) is 39.5 Å². The number of rotatable bonds is 8. The number of carbonyl (C=O) groups is 4. The first-order valence-electron chi connectivity index (χ1n) is 19.3. The van der Waals surface area contributed by atoms with E-state index in [1.165, 1.54) is 27.6 Å². The van der Waals surface area contributed by atoms with Gasteiger partial charge in [0.25, 0.3) is 11.5 Å². The highest BCUT2D eigenvalue weighted by atomic mass is 32.2. The maximum atomic E-state index is 14.8. The standard InChI is InChI=1S/C41H49N7O8S/c1-6-29-22-41(29,39(52)44-57(54,55)31-16-17-31)43-36(49)32-21-30-24-47(32)38(51)35(25(2)3)46(5)40(53)56-19-11-7-10-18-45(4)33-23-42-48(30)37(50)34(33)28-15-14-26-12-8-9-13-27(26)20-28/h6-9,11-15,20,23,25,29-32,35H,1,10,16-19,21-22,24H2,2-5H3,(H,43,49)(H,44,52)/b11-7+/t29?,30-,32+,35+,41?/m1/s1. The third-order valence-electron chi connectivity index (χ3n) is 11.6. The van der Waals surface area contributed by atoms with Crippen LogP contribution in [0.4, 0.5) is 10.5 Å². The lowest BCUT2D eigenvalue weighted by atomic mass is 10.0. The number of sulfonamides is 1. The monoisotopic (exact) mass is 799 g/mol. The van der Waals surface area contributed by atoms with Crippen molar-refractivity contribution in [1.82, 2.24) is 29.6 Å². The van der Waals surface area contributed by atoms with Crippen LogP contribution in [0.15, 0.2) is 78.3 Å². The molecule has 16 heteroatoms. The Bertz CT molecular complexity index is 2320. The summed E-state index contributed by atoms with van der Waals surface area (Å²) in [6.45, 7) is 7.70. The van der Waals surface area contributed by atoms with Crippen LogP contribution in [-0.4, -0.2) is 108 Å². The van der Waals surface area contributed by atoms with Crippen LogP contribution in [-0.2, 0) is 29.1 Å². The minimum atomic E-state index is -3.94. The van der Waals surface area contributed by atoms with Gasteiger partial charge in [0.15, 0.2) is 0 Å². The highest BCUT2D eigenvalue weighted by Crippen LogP contribution is 2.46. The van der Waals surface area contributed by atoms with Crippen molar-refractivity contribution < 1.29 is 32.3 Å². The van der Waals surface area contributed by atoms with Crippen molar-refractivity contribution in [3.8, 4) is 11.1 Å². The summed E-state index contributed by atoms with van der Waals surface area (Å²) in [5.74, 6) is -3.12. The van der Waals surface area contributed by atoms with Crippen LogP contribution in [0.2, 0.25) is 0 Å². The summed E-state index contributed by atoms with van der Waals surface area (Å²) in [4.78, 5) is 75.4. The number of anilines is 1. The number of nitrogens with zero attached hydrogens (tertiary/aromatic N) is 5. The molecular formula is C41H49N7O8S. The highest BCUT2D eigenvalue weighted by molar-refractivity contribution is 7.91. The van der Waals surface area contributed by atoms with Gasteiger partial charge in [0.2, 0.25) is 21.8 Å². The van der Waals surface area contributed by atoms with Crippen LogP contribution in [0.5, 0.6) is 0 Å². The average Bonchev–Trinajstić information content (AvgIpc) is 4.11. The lowest BCUT2D eigenvalue weighted by Crippen LogP contribution is -2.59. The first kappa shape index (κ1) is 39.7. The van der Waals surface area contributed by atoms with Crippen molar-refractivity contribution in [3.05, 3.63) is 83.8 Å². The van der Waals surface area contributed by atoms with E-state index in [-0.39, 0.29) is 26.0 Å². The molecule has 1 saturated heterocycles. The molecule has 3 fully saturated rings. The molecule has 0 radical (unpaired) electrons. The number of hydrogen-bond acceptors (Lipinski definition) is 10. The zero-order valence-electron chi connectivity index (χ0n) is 32.6. The second kappa shape index (κ2) is 15.4. The number of nitrogens with one attached hydrogen (secondary N) is 2. The molecule has 5 atom stereocenters. The SMILES string of the molecule is C=CC1CC1(NC(=O)[C@@H]1C[C@@H]2CN1C(=O)[C@H](C(C)C)N(C)C(=O)OC/C=C/CCN(C)c1cnn2c(=O)c1-c1ccc2ccccc2c1)C(=O)NS(=O)(=O)C1CC1. The largest absolute Gasteiger partial charge is 0.445 e. The quantitative estimate of drug-likeness (QED) is 0.321. The molecule has 5 aliphatic rings. The molecule has 2 aliphatic carbocycles. The van der Waals surface area contributed by atoms with Crippen LogP contribution in [0, 0.1) is 11.8 Å². The Balaban J connectivity index is 1.31. The number of amides is 4. The minimum Gasteiger partial charge on any atom is -0.445 e. The van der Waals surface area contributed by atoms with E-state index in [1.54, 1.807) is 26.1 Å². The zero-order valence-corrected chi connectivity index (χ0v) is 33.4. The molecule has 2 N–H and O–H groups in total.